The van der Waals surface area contributed by atoms with Crippen molar-refractivity contribution in [2.24, 2.45) is 0 Å². The fourth-order valence-corrected chi connectivity index (χ4v) is 3.30. The van der Waals surface area contributed by atoms with Crippen molar-refractivity contribution in [3.8, 4) is 5.75 Å². The van der Waals surface area contributed by atoms with Crippen LogP contribution in [0.1, 0.15) is 29.2 Å². The van der Waals surface area contributed by atoms with Crippen molar-refractivity contribution in [1.29, 1.82) is 0 Å². The highest BCUT2D eigenvalue weighted by atomic mass is 16.5. The van der Waals surface area contributed by atoms with Crippen molar-refractivity contribution in [2.45, 2.75) is 26.9 Å². The molecule has 0 spiro atoms. The number of benzene rings is 3. The third-order valence-corrected chi connectivity index (χ3v) is 5.18. The number of carbonyl (C=O) groups excluding carboxylic acids is 3. The SMILES string of the molecule is C=CC(=O)OCc1ccc(OC(=O)/C=C/c2ccc3cc(CC(=O)C(=C)C)ccc3c2)c(C)c1. The first kappa shape index (κ1) is 24.4. The first-order valence-corrected chi connectivity index (χ1v) is 10.7. The molecule has 0 N–H and O–H groups in total. The second kappa shape index (κ2) is 11.1. The lowest BCUT2D eigenvalue weighted by Crippen LogP contribution is -2.06. The zero-order valence-electron chi connectivity index (χ0n) is 19.3. The van der Waals surface area contributed by atoms with Crippen molar-refractivity contribution in [3.63, 3.8) is 0 Å². The maximum atomic E-state index is 12.3. The summed E-state index contributed by atoms with van der Waals surface area (Å²) in [7, 11) is 0. The van der Waals surface area contributed by atoms with E-state index in [1.54, 1.807) is 31.2 Å². The van der Waals surface area contributed by atoms with Crippen molar-refractivity contribution < 1.29 is 23.9 Å². The number of ketones is 1. The van der Waals surface area contributed by atoms with Crippen molar-refractivity contribution in [1.82, 2.24) is 0 Å². The van der Waals surface area contributed by atoms with Crippen LogP contribution in [0.2, 0.25) is 0 Å². The van der Waals surface area contributed by atoms with Gasteiger partial charge in [-0.1, -0.05) is 49.6 Å². The van der Waals surface area contributed by atoms with E-state index in [1.165, 1.54) is 6.08 Å². The molecule has 0 saturated heterocycles. The Balaban J connectivity index is 1.64. The summed E-state index contributed by atoms with van der Waals surface area (Å²) in [6.45, 7) is 10.7. The van der Waals surface area contributed by atoms with Crippen molar-refractivity contribution in [3.05, 3.63) is 108 Å². The highest BCUT2D eigenvalue weighted by molar-refractivity contribution is 5.96. The second-order valence-electron chi connectivity index (χ2n) is 7.99. The number of carbonyl (C=O) groups is 3. The van der Waals surface area contributed by atoms with E-state index in [0.29, 0.717) is 17.7 Å². The van der Waals surface area contributed by atoms with E-state index in [9.17, 15) is 14.4 Å². The Morgan fingerprint density at radius 3 is 2.32 bits per heavy atom. The first-order chi connectivity index (χ1) is 16.2. The molecular weight excluding hydrogens is 428 g/mol. The Morgan fingerprint density at radius 1 is 0.912 bits per heavy atom. The third kappa shape index (κ3) is 6.62. The van der Waals surface area contributed by atoms with E-state index in [0.717, 1.165) is 39.1 Å². The molecule has 0 unspecified atom stereocenters. The maximum Gasteiger partial charge on any atom is 0.336 e. The number of aryl methyl sites for hydroxylation is 1. The van der Waals surface area contributed by atoms with E-state index in [2.05, 4.69) is 13.2 Å². The Labute approximate surface area is 199 Å². The summed E-state index contributed by atoms with van der Waals surface area (Å²) in [6, 6.07) is 16.9. The van der Waals surface area contributed by atoms with Gasteiger partial charge in [-0.2, -0.15) is 0 Å². The van der Waals surface area contributed by atoms with Gasteiger partial charge in [-0.05, 0) is 76.7 Å². The van der Waals surface area contributed by atoms with Crippen molar-refractivity contribution >= 4 is 34.6 Å². The van der Waals surface area contributed by atoms with Gasteiger partial charge in [0.25, 0.3) is 0 Å². The van der Waals surface area contributed by atoms with Gasteiger partial charge in [-0.3, -0.25) is 4.79 Å². The Hall–Kier alpha value is -4.25. The highest BCUT2D eigenvalue weighted by Crippen LogP contribution is 2.22. The van der Waals surface area contributed by atoms with E-state index in [1.807, 2.05) is 43.3 Å². The molecule has 0 amide bonds. The summed E-state index contributed by atoms with van der Waals surface area (Å²) in [5.74, 6) is -0.532. The molecule has 0 aliphatic rings. The molecule has 34 heavy (non-hydrogen) atoms. The predicted octanol–water partition coefficient (Wildman–Crippen LogP) is 5.68. The van der Waals surface area contributed by atoms with Crippen LogP contribution in [0, 0.1) is 6.92 Å². The monoisotopic (exact) mass is 454 g/mol. The van der Waals surface area contributed by atoms with Gasteiger partial charge in [0.2, 0.25) is 0 Å². The van der Waals surface area contributed by atoms with Crippen LogP contribution in [0.5, 0.6) is 5.75 Å². The molecule has 0 aliphatic carbocycles. The zero-order valence-corrected chi connectivity index (χ0v) is 19.3. The molecule has 0 radical (unpaired) electrons. The van der Waals surface area contributed by atoms with Gasteiger partial charge in [0, 0.05) is 18.6 Å². The average Bonchev–Trinajstić information content (AvgIpc) is 2.82. The van der Waals surface area contributed by atoms with Crippen LogP contribution < -0.4 is 4.74 Å². The lowest BCUT2D eigenvalue weighted by atomic mass is 10.00. The molecule has 0 aromatic heterocycles. The van der Waals surface area contributed by atoms with Crippen LogP contribution in [-0.4, -0.2) is 17.7 Å². The van der Waals surface area contributed by atoms with E-state index < -0.39 is 11.9 Å². The van der Waals surface area contributed by atoms with Crippen LogP contribution in [0.15, 0.2) is 85.5 Å². The lowest BCUT2D eigenvalue weighted by molar-refractivity contribution is -0.139. The number of hydrogen-bond donors (Lipinski definition) is 0. The topological polar surface area (TPSA) is 69.7 Å². The number of ether oxygens (including phenoxy) is 2. The quantitative estimate of drug-likeness (QED) is 0.236. The number of hydrogen-bond acceptors (Lipinski definition) is 5. The predicted molar refractivity (Wildman–Crippen MR) is 133 cm³/mol. The summed E-state index contributed by atoms with van der Waals surface area (Å²) in [4.78, 5) is 35.4. The maximum absolute atomic E-state index is 12.3. The third-order valence-electron chi connectivity index (χ3n) is 5.18. The number of fused-ring (bicyclic) bond motifs is 1. The van der Waals surface area contributed by atoms with Crippen molar-refractivity contribution in [2.75, 3.05) is 0 Å². The minimum absolute atomic E-state index is 0.0263. The normalized spacial score (nSPS) is 10.8. The van der Waals surface area contributed by atoms with Crippen LogP contribution in [0.4, 0.5) is 0 Å². The van der Waals surface area contributed by atoms with Crippen LogP contribution in [0.3, 0.4) is 0 Å². The van der Waals surface area contributed by atoms with Crippen LogP contribution >= 0.6 is 0 Å². The van der Waals surface area contributed by atoms with Gasteiger partial charge in [0.1, 0.15) is 12.4 Å². The molecule has 3 rings (SSSR count). The molecule has 0 bridgehead atoms. The highest BCUT2D eigenvalue weighted by Gasteiger charge is 2.08. The number of Topliss-reactive ketones (excluding diaryl/α,β-unsaturated/α-hetero) is 1. The molecular formula is C29H26O5. The molecule has 0 fully saturated rings. The summed E-state index contributed by atoms with van der Waals surface area (Å²) >= 11 is 0. The summed E-state index contributed by atoms with van der Waals surface area (Å²) in [6.07, 6.45) is 4.51. The van der Waals surface area contributed by atoms with Gasteiger partial charge in [0.15, 0.2) is 5.78 Å². The fourth-order valence-electron chi connectivity index (χ4n) is 3.30. The van der Waals surface area contributed by atoms with Crippen LogP contribution in [0.25, 0.3) is 16.8 Å². The van der Waals surface area contributed by atoms with E-state index in [4.69, 9.17) is 9.47 Å². The molecule has 3 aromatic rings. The minimum Gasteiger partial charge on any atom is -0.458 e. The van der Waals surface area contributed by atoms with Crippen LogP contribution in [-0.2, 0) is 32.1 Å². The van der Waals surface area contributed by atoms with Gasteiger partial charge < -0.3 is 9.47 Å². The largest absolute Gasteiger partial charge is 0.458 e. The number of esters is 2. The van der Waals surface area contributed by atoms with Gasteiger partial charge in [0.05, 0.1) is 0 Å². The molecule has 0 heterocycles. The summed E-state index contributed by atoms with van der Waals surface area (Å²) in [5.41, 5.74) is 3.87. The first-order valence-electron chi connectivity index (χ1n) is 10.7. The average molecular weight is 455 g/mol. The number of allylic oxidation sites excluding steroid dienone is 1. The van der Waals surface area contributed by atoms with Gasteiger partial charge in [-0.25, -0.2) is 9.59 Å². The minimum atomic E-state index is -0.498. The molecule has 172 valence electrons. The smallest absolute Gasteiger partial charge is 0.336 e. The van der Waals surface area contributed by atoms with E-state index >= 15 is 0 Å². The lowest BCUT2D eigenvalue weighted by Gasteiger charge is -2.08. The Bertz CT molecular complexity index is 1310. The van der Waals surface area contributed by atoms with Gasteiger partial charge >= 0.3 is 11.9 Å². The molecule has 3 aromatic carbocycles. The molecule has 0 aliphatic heterocycles. The summed E-state index contributed by atoms with van der Waals surface area (Å²) < 4.78 is 10.4. The molecule has 0 saturated carbocycles. The van der Waals surface area contributed by atoms with E-state index in [-0.39, 0.29) is 12.4 Å². The molecule has 5 heteroatoms. The molecule has 5 nitrogen and oxygen atoms in total. The molecule has 0 atom stereocenters. The zero-order chi connectivity index (χ0) is 24.7. The Kier molecular flexibility index (Phi) is 7.93. The fraction of sp³-hybridized carbons (Fsp3) is 0.138. The Morgan fingerprint density at radius 2 is 1.62 bits per heavy atom. The van der Waals surface area contributed by atoms with Gasteiger partial charge in [-0.15, -0.1) is 0 Å². The summed E-state index contributed by atoms with van der Waals surface area (Å²) in [5, 5.41) is 2.02. The number of rotatable bonds is 9. The second-order valence-corrected chi connectivity index (χ2v) is 7.99. The standard InChI is InChI=1S/C29H26O5/c1-5-28(31)33-18-23-8-12-27(20(4)14-23)34-29(32)13-9-21-6-10-25-16-22(7-11-24(25)15-21)17-26(30)19(2)3/h5-16H,1-2,17-18H2,3-4H3/b13-9+.